The summed E-state index contributed by atoms with van der Waals surface area (Å²) in [7, 11) is -3.72. The third-order valence-corrected chi connectivity index (χ3v) is 7.32. The number of sulfonamides is 1. The number of benzene rings is 2. The molecule has 1 aromatic heterocycles. The molecule has 1 fully saturated rings. The number of furan rings is 1. The molecule has 4 rings (SSSR count). The van der Waals surface area contributed by atoms with Crippen LogP contribution >= 0.6 is 0 Å². The van der Waals surface area contributed by atoms with Crippen molar-refractivity contribution in [1.29, 1.82) is 0 Å². The number of amides is 1. The number of rotatable bonds is 4. The van der Waals surface area contributed by atoms with Gasteiger partial charge in [0.1, 0.15) is 11.4 Å². The minimum Gasteiger partial charge on any atom is -0.464 e. The van der Waals surface area contributed by atoms with Crippen LogP contribution in [-0.4, -0.2) is 49.7 Å². The van der Waals surface area contributed by atoms with Crippen molar-refractivity contribution < 1.29 is 22.0 Å². The van der Waals surface area contributed by atoms with Crippen molar-refractivity contribution in [3.63, 3.8) is 0 Å². The van der Waals surface area contributed by atoms with Crippen molar-refractivity contribution in [2.24, 2.45) is 0 Å². The average Bonchev–Trinajstić information content (AvgIpc) is 2.94. The van der Waals surface area contributed by atoms with Crippen molar-refractivity contribution in [1.82, 2.24) is 9.21 Å². The lowest BCUT2D eigenvalue weighted by Gasteiger charge is -2.22. The second-order valence-electron chi connectivity index (χ2n) is 7.53. The van der Waals surface area contributed by atoms with Gasteiger partial charge in [-0.1, -0.05) is 12.1 Å². The van der Waals surface area contributed by atoms with E-state index in [0.29, 0.717) is 26.1 Å². The van der Waals surface area contributed by atoms with Gasteiger partial charge < -0.3 is 9.32 Å². The zero-order valence-corrected chi connectivity index (χ0v) is 17.5. The maximum atomic E-state index is 13.1. The van der Waals surface area contributed by atoms with Gasteiger partial charge in [0.2, 0.25) is 15.9 Å². The van der Waals surface area contributed by atoms with E-state index < -0.39 is 15.8 Å². The minimum atomic E-state index is -3.72. The quantitative estimate of drug-likeness (QED) is 0.637. The maximum absolute atomic E-state index is 13.1. The topological polar surface area (TPSA) is 70.8 Å². The Morgan fingerprint density at radius 1 is 1.07 bits per heavy atom. The van der Waals surface area contributed by atoms with Gasteiger partial charge in [-0.15, -0.1) is 0 Å². The third-order valence-electron chi connectivity index (χ3n) is 5.41. The lowest BCUT2D eigenvalue weighted by molar-refractivity contribution is -0.130. The van der Waals surface area contributed by atoms with Crippen LogP contribution in [0, 0.1) is 12.7 Å². The molecule has 1 amide bonds. The highest BCUT2D eigenvalue weighted by molar-refractivity contribution is 7.89. The molecule has 0 spiro atoms. The number of halogens is 1. The first-order valence-electron chi connectivity index (χ1n) is 9.85. The lowest BCUT2D eigenvalue weighted by atomic mass is 10.1. The molecule has 1 aliphatic rings. The second kappa shape index (κ2) is 8.20. The van der Waals surface area contributed by atoms with Gasteiger partial charge in [0, 0.05) is 37.1 Å². The van der Waals surface area contributed by atoms with Gasteiger partial charge in [-0.2, -0.15) is 4.31 Å². The molecule has 1 saturated heterocycles. The van der Waals surface area contributed by atoms with Crippen molar-refractivity contribution >= 4 is 26.9 Å². The summed E-state index contributed by atoms with van der Waals surface area (Å²) < 4.78 is 45.8. The number of hydrogen-bond donors (Lipinski definition) is 0. The Balaban J connectivity index is 1.44. The molecule has 0 N–H and O–H groups in total. The highest BCUT2D eigenvalue weighted by Crippen LogP contribution is 2.24. The molecule has 158 valence electrons. The van der Waals surface area contributed by atoms with E-state index in [2.05, 4.69) is 0 Å². The van der Waals surface area contributed by atoms with Crippen molar-refractivity contribution in [3.8, 4) is 0 Å². The molecule has 2 aromatic carbocycles. The number of aryl methyl sites for hydroxylation is 1. The summed E-state index contributed by atoms with van der Waals surface area (Å²) in [4.78, 5) is 14.6. The molecule has 0 atom stereocenters. The zero-order chi connectivity index (χ0) is 21.3. The van der Waals surface area contributed by atoms with Crippen LogP contribution in [0.4, 0.5) is 4.39 Å². The smallest absolute Gasteiger partial charge is 0.243 e. The summed E-state index contributed by atoms with van der Waals surface area (Å²) in [6.45, 7) is 3.31. The van der Waals surface area contributed by atoms with E-state index in [4.69, 9.17) is 4.42 Å². The average molecular weight is 431 g/mol. The molecule has 8 heteroatoms. The highest BCUT2D eigenvalue weighted by atomic mass is 32.2. The monoisotopic (exact) mass is 430 g/mol. The number of fused-ring (bicyclic) bond motifs is 1. The number of carbonyl (C=O) groups is 1. The molecule has 0 bridgehead atoms. The minimum absolute atomic E-state index is 0.0562. The Kier molecular flexibility index (Phi) is 5.62. The first-order valence-corrected chi connectivity index (χ1v) is 11.3. The van der Waals surface area contributed by atoms with Crippen LogP contribution in [0.5, 0.6) is 0 Å². The molecular weight excluding hydrogens is 407 g/mol. The van der Waals surface area contributed by atoms with Gasteiger partial charge in [-0.05, 0) is 49.2 Å². The third kappa shape index (κ3) is 4.11. The van der Waals surface area contributed by atoms with Crippen molar-refractivity contribution in [2.75, 3.05) is 26.2 Å². The first-order chi connectivity index (χ1) is 14.3. The largest absolute Gasteiger partial charge is 0.464 e. The van der Waals surface area contributed by atoms with Gasteiger partial charge in [-0.25, -0.2) is 12.8 Å². The predicted molar refractivity (Wildman–Crippen MR) is 111 cm³/mol. The standard InChI is InChI=1S/C22H23FN2O4S/c1-16-3-8-20-17(15-29-21(20)13-16)14-22(26)24-9-2-10-25(12-11-24)30(27,28)19-6-4-18(23)5-7-19/h3-8,13,15H,2,9-12,14H2,1H3. The van der Waals surface area contributed by atoms with Crippen LogP contribution in [0.25, 0.3) is 11.0 Å². The van der Waals surface area contributed by atoms with Crippen LogP contribution in [0.3, 0.4) is 0 Å². The van der Waals surface area contributed by atoms with Gasteiger partial charge >= 0.3 is 0 Å². The van der Waals surface area contributed by atoms with Crippen LogP contribution in [0.2, 0.25) is 0 Å². The molecule has 3 aromatic rings. The van der Waals surface area contributed by atoms with E-state index in [-0.39, 0.29) is 23.8 Å². The predicted octanol–water partition coefficient (Wildman–Crippen LogP) is 3.35. The SMILES string of the molecule is Cc1ccc2c(CC(=O)N3CCCN(S(=O)(=O)c4ccc(F)cc4)CC3)coc2c1. The van der Waals surface area contributed by atoms with Crippen molar-refractivity contribution in [3.05, 3.63) is 65.7 Å². The van der Waals surface area contributed by atoms with Crippen LogP contribution < -0.4 is 0 Å². The van der Waals surface area contributed by atoms with Crippen LogP contribution in [-0.2, 0) is 21.2 Å². The van der Waals surface area contributed by atoms with E-state index in [1.165, 1.54) is 16.4 Å². The summed E-state index contributed by atoms with van der Waals surface area (Å²) in [5.74, 6) is -0.539. The Morgan fingerprint density at radius 3 is 2.60 bits per heavy atom. The zero-order valence-electron chi connectivity index (χ0n) is 16.7. The molecule has 2 heterocycles. The maximum Gasteiger partial charge on any atom is 0.243 e. The molecule has 1 aliphatic heterocycles. The number of hydrogen-bond acceptors (Lipinski definition) is 4. The van der Waals surface area contributed by atoms with E-state index in [1.54, 1.807) is 11.2 Å². The fourth-order valence-corrected chi connectivity index (χ4v) is 5.21. The van der Waals surface area contributed by atoms with Gasteiger partial charge in [0.15, 0.2) is 0 Å². The summed E-state index contributed by atoms with van der Waals surface area (Å²) >= 11 is 0. The Bertz CT molecular complexity index is 1170. The first kappa shape index (κ1) is 20.6. The van der Waals surface area contributed by atoms with E-state index in [0.717, 1.165) is 34.2 Å². The molecule has 0 aliphatic carbocycles. The number of carbonyl (C=O) groups excluding carboxylic acids is 1. The Labute approximate surface area is 174 Å². The van der Waals surface area contributed by atoms with Crippen molar-refractivity contribution in [2.45, 2.75) is 24.7 Å². The van der Waals surface area contributed by atoms with E-state index in [9.17, 15) is 17.6 Å². The Morgan fingerprint density at radius 2 is 1.83 bits per heavy atom. The molecule has 6 nitrogen and oxygen atoms in total. The lowest BCUT2D eigenvalue weighted by Crippen LogP contribution is -2.37. The molecular formula is C22H23FN2O4S. The summed E-state index contributed by atoms with van der Waals surface area (Å²) in [5.41, 5.74) is 2.67. The van der Waals surface area contributed by atoms with Gasteiger partial charge in [0.05, 0.1) is 17.6 Å². The molecule has 0 radical (unpaired) electrons. The van der Waals surface area contributed by atoms with E-state index >= 15 is 0 Å². The Hall–Kier alpha value is -2.71. The second-order valence-corrected chi connectivity index (χ2v) is 9.47. The molecule has 0 saturated carbocycles. The molecule has 30 heavy (non-hydrogen) atoms. The molecule has 0 unspecified atom stereocenters. The summed E-state index contributed by atoms with van der Waals surface area (Å²) in [6.07, 6.45) is 2.36. The fourth-order valence-electron chi connectivity index (χ4n) is 3.74. The number of nitrogens with zero attached hydrogens (tertiary/aromatic N) is 2. The van der Waals surface area contributed by atoms with Crippen LogP contribution in [0.15, 0.2) is 58.0 Å². The summed E-state index contributed by atoms with van der Waals surface area (Å²) in [6, 6.07) is 10.7. The summed E-state index contributed by atoms with van der Waals surface area (Å²) in [5, 5.41) is 0.921. The normalized spacial score (nSPS) is 16.0. The fraction of sp³-hybridized carbons (Fsp3) is 0.318. The van der Waals surface area contributed by atoms with E-state index in [1.807, 2.05) is 25.1 Å². The van der Waals surface area contributed by atoms with Gasteiger partial charge in [-0.3, -0.25) is 4.79 Å². The van der Waals surface area contributed by atoms with Gasteiger partial charge in [0.25, 0.3) is 0 Å². The highest BCUT2D eigenvalue weighted by Gasteiger charge is 2.28. The van der Waals surface area contributed by atoms with Crippen LogP contribution in [0.1, 0.15) is 17.5 Å².